The summed E-state index contributed by atoms with van der Waals surface area (Å²) >= 11 is 0. The van der Waals surface area contributed by atoms with Gasteiger partial charge in [-0.05, 0) is 81.5 Å². The molecule has 0 aromatic carbocycles. The number of fused-ring (bicyclic) bond motifs is 1. The zero-order valence-corrected chi connectivity index (χ0v) is 25.9. The minimum atomic E-state index is -3.45. The Bertz CT molecular complexity index is 1220. The molecule has 0 saturated heterocycles. The molecule has 2 bridgehead atoms. The van der Waals surface area contributed by atoms with Crippen LogP contribution in [0.25, 0.3) is 0 Å². The molecule has 224 valence electrons. The molecule has 7 aliphatic rings. The van der Waals surface area contributed by atoms with Crippen molar-refractivity contribution in [3.8, 4) is 0 Å². The Morgan fingerprint density at radius 2 is 1.62 bits per heavy atom. The smallest absolute Gasteiger partial charge is 0.211 e. The standard InChI is InChI=1S/C33H51NO5S/c1-5-19-34(40(4,38)39)22-32(37)16-13-27-30(32,3)15-12-26-29(2)14-11-24(35)20-31(29)17-18-33(26,27)25(21-31)28(36)23-9-7-6-8-10-23/h17-18,21,23-24,26-27,35,37H,5-16,19-20,22H2,1-4H3/t24?,26-,27-,29-,30+,31+,32-,33-/m1/s1. The lowest BCUT2D eigenvalue weighted by molar-refractivity contribution is -0.177. The summed E-state index contributed by atoms with van der Waals surface area (Å²) in [6, 6.07) is 0. The molecule has 0 heterocycles. The van der Waals surface area contributed by atoms with Crippen LogP contribution in [0.1, 0.15) is 104 Å². The summed E-state index contributed by atoms with van der Waals surface area (Å²) in [5.74, 6) is 0.743. The molecule has 8 atom stereocenters. The van der Waals surface area contributed by atoms with Crippen LogP contribution < -0.4 is 0 Å². The van der Waals surface area contributed by atoms with Gasteiger partial charge in [-0.25, -0.2) is 8.42 Å². The zero-order chi connectivity index (χ0) is 28.8. The highest BCUT2D eigenvalue weighted by molar-refractivity contribution is 7.88. The van der Waals surface area contributed by atoms with E-state index in [1.165, 1.54) is 17.0 Å². The molecule has 0 amide bonds. The van der Waals surface area contributed by atoms with Gasteiger partial charge in [-0.1, -0.05) is 58.3 Å². The van der Waals surface area contributed by atoms with Gasteiger partial charge in [-0.15, -0.1) is 0 Å². The summed E-state index contributed by atoms with van der Waals surface area (Å²) in [7, 11) is -3.45. The first-order valence-electron chi connectivity index (χ1n) is 16.1. The molecule has 7 rings (SSSR count). The maximum atomic E-state index is 14.6. The second-order valence-corrected chi connectivity index (χ2v) is 17.1. The Kier molecular flexibility index (Phi) is 6.90. The largest absolute Gasteiger partial charge is 0.393 e. The van der Waals surface area contributed by atoms with Crippen molar-refractivity contribution in [1.82, 2.24) is 4.31 Å². The number of hydrogen-bond donors (Lipinski definition) is 2. The van der Waals surface area contributed by atoms with Crippen LogP contribution in [0.2, 0.25) is 0 Å². The number of rotatable bonds is 7. The van der Waals surface area contributed by atoms with E-state index in [-0.39, 0.29) is 41.2 Å². The molecule has 0 radical (unpaired) electrons. The Balaban J connectivity index is 1.47. The number of nitrogens with zero attached hydrogens (tertiary/aromatic N) is 1. The quantitative estimate of drug-likeness (QED) is 0.398. The summed E-state index contributed by atoms with van der Waals surface area (Å²) in [4.78, 5) is 14.6. The minimum Gasteiger partial charge on any atom is -0.393 e. The van der Waals surface area contributed by atoms with Gasteiger partial charge in [-0.3, -0.25) is 4.79 Å². The molecule has 40 heavy (non-hydrogen) atoms. The zero-order valence-electron chi connectivity index (χ0n) is 25.1. The maximum Gasteiger partial charge on any atom is 0.211 e. The predicted molar refractivity (Wildman–Crippen MR) is 157 cm³/mol. The van der Waals surface area contributed by atoms with Crippen LogP contribution in [0.15, 0.2) is 23.8 Å². The van der Waals surface area contributed by atoms with Crippen LogP contribution in [0.3, 0.4) is 0 Å². The molecule has 0 aliphatic heterocycles. The number of allylic oxidation sites excluding steroid dienone is 4. The normalized spacial score (nSPS) is 46.6. The lowest BCUT2D eigenvalue weighted by Gasteiger charge is -2.71. The molecular formula is C33H51NO5S. The average Bonchev–Trinajstić information content (AvgIpc) is 3.18. The van der Waals surface area contributed by atoms with Crippen LogP contribution in [0, 0.1) is 39.4 Å². The molecule has 7 heteroatoms. The fourth-order valence-corrected chi connectivity index (χ4v) is 12.1. The van der Waals surface area contributed by atoms with E-state index in [0.29, 0.717) is 31.6 Å². The highest BCUT2D eigenvalue weighted by Crippen LogP contribution is 2.78. The van der Waals surface area contributed by atoms with E-state index in [4.69, 9.17) is 0 Å². The van der Waals surface area contributed by atoms with Gasteiger partial charge in [0.2, 0.25) is 10.0 Å². The van der Waals surface area contributed by atoms with Gasteiger partial charge in [-0.2, -0.15) is 4.31 Å². The fourth-order valence-electron chi connectivity index (χ4n) is 11.1. The van der Waals surface area contributed by atoms with Gasteiger partial charge < -0.3 is 10.2 Å². The molecular weight excluding hydrogens is 522 g/mol. The minimum absolute atomic E-state index is 0.0413. The van der Waals surface area contributed by atoms with E-state index in [1.807, 2.05) is 6.92 Å². The van der Waals surface area contributed by atoms with Crippen molar-refractivity contribution >= 4 is 15.8 Å². The number of aliphatic hydroxyl groups is 2. The van der Waals surface area contributed by atoms with Crippen LogP contribution in [0.5, 0.6) is 0 Å². The summed E-state index contributed by atoms with van der Waals surface area (Å²) in [5, 5.41) is 23.3. The lowest BCUT2D eigenvalue weighted by Crippen LogP contribution is -2.67. The van der Waals surface area contributed by atoms with Crippen molar-refractivity contribution in [2.45, 2.75) is 116 Å². The van der Waals surface area contributed by atoms with Gasteiger partial charge in [0.15, 0.2) is 5.78 Å². The predicted octanol–water partition coefficient (Wildman–Crippen LogP) is 5.40. The topological polar surface area (TPSA) is 94.9 Å². The van der Waals surface area contributed by atoms with E-state index in [1.54, 1.807) is 0 Å². The second kappa shape index (κ2) is 9.49. The summed E-state index contributed by atoms with van der Waals surface area (Å²) < 4.78 is 27.0. The summed E-state index contributed by atoms with van der Waals surface area (Å²) in [6.45, 7) is 7.12. The number of hydrogen-bond acceptors (Lipinski definition) is 5. The highest BCUT2D eigenvalue weighted by Gasteiger charge is 2.74. The van der Waals surface area contributed by atoms with Crippen molar-refractivity contribution in [1.29, 1.82) is 0 Å². The van der Waals surface area contributed by atoms with E-state index in [0.717, 1.165) is 63.4 Å². The molecule has 2 spiro atoms. The van der Waals surface area contributed by atoms with Crippen molar-refractivity contribution < 1.29 is 23.4 Å². The Morgan fingerprint density at radius 3 is 2.30 bits per heavy atom. The Hall–Kier alpha value is -1.02. The Labute approximate surface area is 241 Å². The molecule has 0 aromatic heterocycles. The molecule has 6 nitrogen and oxygen atoms in total. The average molecular weight is 574 g/mol. The fraction of sp³-hybridized carbons (Fsp3) is 0.848. The van der Waals surface area contributed by atoms with E-state index < -0.39 is 26.5 Å². The number of carbonyl (C=O) groups is 1. The van der Waals surface area contributed by atoms with Crippen molar-refractivity contribution in [2.75, 3.05) is 19.3 Å². The van der Waals surface area contributed by atoms with Gasteiger partial charge in [0.05, 0.1) is 18.0 Å². The molecule has 2 N–H and O–H groups in total. The third kappa shape index (κ3) is 3.82. The van der Waals surface area contributed by atoms with Crippen molar-refractivity contribution in [3.63, 3.8) is 0 Å². The maximum absolute atomic E-state index is 14.6. The molecule has 4 saturated carbocycles. The van der Waals surface area contributed by atoms with E-state index >= 15 is 0 Å². The van der Waals surface area contributed by atoms with Crippen molar-refractivity contribution in [2.24, 2.45) is 39.4 Å². The Morgan fingerprint density at radius 1 is 0.975 bits per heavy atom. The number of sulfonamides is 1. The molecule has 1 unspecified atom stereocenters. The van der Waals surface area contributed by atoms with Crippen LogP contribution in [-0.4, -0.2) is 59.8 Å². The van der Waals surface area contributed by atoms with Crippen LogP contribution in [-0.2, 0) is 14.8 Å². The van der Waals surface area contributed by atoms with E-state index in [2.05, 4.69) is 32.1 Å². The van der Waals surface area contributed by atoms with Gasteiger partial charge in [0, 0.05) is 40.8 Å². The number of carbonyl (C=O) groups excluding carboxylic acids is 1. The number of Topliss-reactive ketones (excluding diaryl/α,β-unsaturated/α-hetero) is 1. The first-order chi connectivity index (χ1) is 18.8. The monoisotopic (exact) mass is 573 g/mol. The number of ketones is 1. The molecule has 0 aromatic rings. The summed E-state index contributed by atoms with van der Waals surface area (Å²) in [5.41, 5.74) is -1.44. The molecule has 4 fully saturated rings. The van der Waals surface area contributed by atoms with Crippen molar-refractivity contribution in [3.05, 3.63) is 23.8 Å². The molecule has 7 aliphatic carbocycles. The van der Waals surface area contributed by atoms with Gasteiger partial charge in [0.25, 0.3) is 0 Å². The van der Waals surface area contributed by atoms with Gasteiger partial charge in [0.1, 0.15) is 0 Å². The van der Waals surface area contributed by atoms with Gasteiger partial charge >= 0.3 is 0 Å². The number of aliphatic hydroxyl groups excluding tert-OH is 1. The first kappa shape index (κ1) is 29.1. The SMILES string of the molecule is CCCN(C[C@]1(O)CC[C@H]2[C@]34C=C[C@@]5(C=C3C(=O)C3CCCCC3)CC(O)CC[C@]5(C)[C@H]4CC[C@@]21C)S(C)(=O)=O. The van der Waals surface area contributed by atoms with Crippen LogP contribution >= 0.6 is 0 Å². The third-order valence-corrected chi connectivity index (χ3v) is 14.6. The lowest BCUT2D eigenvalue weighted by atomic mass is 9.32. The highest BCUT2D eigenvalue weighted by atomic mass is 32.2. The third-order valence-electron chi connectivity index (χ3n) is 13.3. The second-order valence-electron chi connectivity index (χ2n) is 15.1. The van der Waals surface area contributed by atoms with E-state index in [9.17, 15) is 23.4 Å². The summed E-state index contributed by atoms with van der Waals surface area (Å²) in [6.07, 6.45) is 19.5. The van der Waals surface area contributed by atoms with Crippen LogP contribution in [0.4, 0.5) is 0 Å². The first-order valence-corrected chi connectivity index (χ1v) is 17.9.